The summed E-state index contributed by atoms with van der Waals surface area (Å²) in [7, 11) is 0. The van der Waals surface area contributed by atoms with Crippen molar-refractivity contribution >= 4 is 31.5 Å². The summed E-state index contributed by atoms with van der Waals surface area (Å²) in [6.07, 6.45) is 4.89. The molecule has 0 unspecified atom stereocenters. The molecule has 0 radical (unpaired) electrons. The lowest BCUT2D eigenvalue weighted by Crippen LogP contribution is -1.89. The van der Waals surface area contributed by atoms with Crippen LogP contribution in [0.4, 0.5) is 0 Å². The largest absolute Gasteiger partial charge is 0.135 e. The summed E-state index contributed by atoms with van der Waals surface area (Å²) in [5.74, 6) is 0. The van der Waals surface area contributed by atoms with Crippen molar-refractivity contribution < 1.29 is 0 Å². The lowest BCUT2D eigenvalue weighted by Gasteiger charge is -2.06. The lowest BCUT2D eigenvalue weighted by molar-refractivity contribution is 0.792. The summed E-state index contributed by atoms with van der Waals surface area (Å²) in [6.45, 7) is 9.10. The predicted octanol–water partition coefficient (Wildman–Crippen LogP) is 6.58. The van der Waals surface area contributed by atoms with E-state index in [0.717, 1.165) is 6.42 Å². The summed E-state index contributed by atoms with van der Waals surface area (Å²) in [5.41, 5.74) is 5.99. The Balaban J connectivity index is 2.25. The van der Waals surface area contributed by atoms with E-state index in [1.165, 1.54) is 61.7 Å². The van der Waals surface area contributed by atoms with Crippen molar-refractivity contribution in [2.45, 2.75) is 53.4 Å². The normalized spacial score (nSPS) is 11.6. The Morgan fingerprint density at radius 3 is 1.95 bits per heavy atom. The van der Waals surface area contributed by atoms with Crippen molar-refractivity contribution in [2.75, 3.05) is 0 Å². The highest BCUT2D eigenvalue weighted by molar-refractivity contribution is 7.26. The van der Waals surface area contributed by atoms with E-state index in [9.17, 15) is 0 Å². The topological polar surface area (TPSA) is 0 Å². The van der Waals surface area contributed by atoms with Crippen molar-refractivity contribution in [3.05, 3.63) is 46.5 Å². The van der Waals surface area contributed by atoms with E-state index in [-0.39, 0.29) is 0 Å². The molecule has 0 fully saturated rings. The number of unbranched alkanes of at least 4 members (excludes halogenated alkanes) is 1. The van der Waals surface area contributed by atoms with Crippen LogP contribution in [0.2, 0.25) is 0 Å². The van der Waals surface area contributed by atoms with Crippen molar-refractivity contribution in [2.24, 2.45) is 0 Å². The average Bonchev–Trinajstić information content (AvgIpc) is 2.88. The Kier molecular flexibility index (Phi) is 4.03. The summed E-state index contributed by atoms with van der Waals surface area (Å²) < 4.78 is 2.98. The van der Waals surface area contributed by atoms with Gasteiger partial charge in [0.05, 0.1) is 0 Å². The first-order valence-electron chi connectivity index (χ1n) is 8.10. The number of thiophene rings is 1. The molecule has 0 atom stereocenters. The second-order valence-corrected chi connectivity index (χ2v) is 7.03. The smallest absolute Gasteiger partial charge is 0.0387 e. The number of rotatable bonds is 4. The number of aryl methyl sites for hydroxylation is 4. The second kappa shape index (κ2) is 5.81. The van der Waals surface area contributed by atoms with Gasteiger partial charge in [-0.2, -0.15) is 0 Å². The van der Waals surface area contributed by atoms with Gasteiger partial charge in [0.25, 0.3) is 0 Å². The van der Waals surface area contributed by atoms with Crippen LogP contribution in [-0.2, 0) is 12.8 Å². The molecule has 0 amide bonds. The van der Waals surface area contributed by atoms with Crippen LogP contribution in [0.5, 0.6) is 0 Å². The molecule has 0 bridgehead atoms. The van der Waals surface area contributed by atoms with Crippen molar-refractivity contribution in [1.82, 2.24) is 0 Å². The molecule has 0 spiro atoms. The van der Waals surface area contributed by atoms with Crippen molar-refractivity contribution in [3.63, 3.8) is 0 Å². The van der Waals surface area contributed by atoms with E-state index in [1.807, 2.05) is 11.3 Å². The van der Waals surface area contributed by atoms with Gasteiger partial charge in [-0.15, -0.1) is 11.3 Å². The third kappa shape index (κ3) is 2.38. The molecule has 2 aromatic carbocycles. The van der Waals surface area contributed by atoms with Crippen LogP contribution in [0.1, 0.15) is 48.9 Å². The Morgan fingerprint density at radius 2 is 1.38 bits per heavy atom. The maximum atomic E-state index is 2.35. The summed E-state index contributed by atoms with van der Waals surface area (Å²) in [6, 6.07) is 9.33. The minimum atomic E-state index is 1.12. The molecule has 0 saturated carbocycles. The van der Waals surface area contributed by atoms with Crippen LogP contribution < -0.4 is 0 Å². The van der Waals surface area contributed by atoms with E-state index >= 15 is 0 Å². The molecule has 3 rings (SSSR count). The van der Waals surface area contributed by atoms with Gasteiger partial charge in [-0.3, -0.25) is 0 Å². The molecule has 0 aliphatic heterocycles. The zero-order valence-corrected chi connectivity index (χ0v) is 14.4. The molecule has 1 heterocycles. The monoisotopic (exact) mass is 296 g/mol. The van der Waals surface area contributed by atoms with Crippen molar-refractivity contribution in [1.29, 1.82) is 0 Å². The maximum absolute atomic E-state index is 2.35. The number of benzene rings is 2. The summed E-state index contributed by atoms with van der Waals surface area (Å²) in [5, 5.41) is 2.88. The van der Waals surface area contributed by atoms with Gasteiger partial charge in [-0.25, -0.2) is 0 Å². The van der Waals surface area contributed by atoms with Gasteiger partial charge < -0.3 is 0 Å². The Labute approximate surface area is 131 Å². The van der Waals surface area contributed by atoms with Crippen LogP contribution in [0.25, 0.3) is 20.2 Å². The molecule has 0 aliphatic carbocycles. The number of fused-ring (bicyclic) bond motifs is 3. The molecule has 1 heteroatoms. The van der Waals surface area contributed by atoms with Crippen LogP contribution in [0.15, 0.2) is 24.3 Å². The lowest BCUT2D eigenvalue weighted by atomic mass is 9.98. The van der Waals surface area contributed by atoms with E-state index in [2.05, 4.69) is 52.0 Å². The minimum absolute atomic E-state index is 1.12. The van der Waals surface area contributed by atoms with Crippen LogP contribution >= 0.6 is 11.3 Å². The van der Waals surface area contributed by atoms with E-state index in [0.29, 0.717) is 0 Å². The first-order valence-corrected chi connectivity index (χ1v) is 8.92. The molecule has 3 aromatic rings. The third-order valence-corrected chi connectivity index (χ3v) is 6.17. The van der Waals surface area contributed by atoms with Crippen molar-refractivity contribution in [3.8, 4) is 0 Å². The molecule has 110 valence electrons. The van der Waals surface area contributed by atoms with Gasteiger partial charge >= 0.3 is 0 Å². The Hall–Kier alpha value is -1.34. The first kappa shape index (κ1) is 14.6. The third-order valence-electron chi connectivity index (χ3n) is 4.71. The van der Waals surface area contributed by atoms with Gasteiger partial charge in [0, 0.05) is 20.2 Å². The molecule has 21 heavy (non-hydrogen) atoms. The fourth-order valence-corrected chi connectivity index (χ4v) is 4.62. The van der Waals surface area contributed by atoms with E-state index < -0.39 is 0 Å². The van der Waals surface area contributed by atoms with Crippen LogP contribution in [0, 0.1) is 13.8 Å². The number of hydrogen-bond donors (Lipinski definition) is 0. The maximum Gasteiger partial charge on any atom is 0.0387 e. The highest BCUT2D eigenvalue weighted by Gasteiger charge is 2.12. The molecular formula is C20H24S. The molecule has 0 nitrogen and oxygen atoms in total. The fourth-order valence-electron chi connectivity index (χ4n) is 3.28. The predicted molar refractivity (Wildman–Crippen MR) is 96.8 cm³/mol. The zero-order chi connectivity index (χ0) is 15.0. The SMILES string of the molecule is CCCCc1ccc2c(sc3c(C)c(CC)ccc32)c1C. The van der Waals surface area contributed by atoms with Crippen LogP contribution in [0.3, 0.4) is 0 Å². The van der Waals surface area contributed by atoms with Gasteiger partial charge in [-0.1, -0.05) is 44.5 Å². The Morgan fingerprint density at radius 1 is 0.810 bits per heavy atom. The van der Waals surface area contributed by atoms with Gasteiger partial charge in [-0.05, 0) is 55.4 Å². The highest BCUT2D eigenvalue weighted by atomic mass is 32.1. The van der Waals surface area contributed by atoms with Crippen LogP contribution in [-0.4, -0.2) is 0 Å². The Bertz CT molecular complexity index is 793. The second-order valence-electron chi connectivity index (χ2n) is 6.01. The highest BCUT2D eigenvalue weighted by Crippen LogP contribution is 2.39. The van der Waals surface area contributed by atoms with Gasteiger partial charge in [0.2, 0.25) is 0 Å². The average molecular weight is 296 g/mol. The zero-order valence-electron chi connectivity index (χ0n) is 13.5. The first-order chi connectivity index (χ1) is 10.2. The van der Waals surface area contributed by atoms with Gasteiger partial charge in [0.1, 0.15) is 0 Å². The fraction of sp³-hybridized carbons (Fsp3) is 0.400. The quantitative estimate of drug-likeness (QED) is 0.510. The molecule has 0 saturated heterocycles. The molecule has 1 aromatic heterocycles. The minimum Gasteiger partial charge on any atom is -0.135 e. The molecule has 0 N–H and O–H groups in total. The standard InChI is InChI=1S/C20H24S/c1-5-7-8-16-10-12-18-17-11-9-15(6-2)13(3)19(17)21-20(18)14(16)4/h9-12H,5-8H2,1-4H3. The molecular weight excluding hydrogens is 272 g/mol. The van der Waals surface area contributed by atoms with E-state index in [4.69, 9.17) is 0 Å². The summed E-state index contributed by atoms with van der Waals surface area (Å²) >= 11 is 1.99. The number of hydrogen-bond acceptors (Lipinski definition) is 1. The van der Waals surface area contributed by atoms with Gasteiger partial charge in [0.15, 0.2) is 0 Å². The van der Waals surface area contributed by atoms with E-state index in [1.54, 1.807) is 0 Å². The summed E-state index contributed by atoms with van der Waals surface area (Å²) in [4.78, 5) is 0. The molecule has 0 aliphatic rings.